The third-order valence-corrected chi connectivity index (χ3v) is 6.21. The first-order chi connectivity index (χ1) is 13.1. The summed E-state index contributed by atoms with van der Waals surface area (Å²) < 4.78 is 74.3. The lowest BCUT2D eigenvalue weighted by Crippen LogP contribution is -2.47. The van der Waals surface area contributed by atoms with E-state index in [1.807, 2.05) is 6.07 Å². The highest BCUT2D eigenvalue weighted by atomic mass is 127. The van der Waals surface area contributed by atoms with E-state index >= 15 is 0 Å². The molecule has 0 amide bonds. The van der Waals surface area contributed by atoms with Crippen molar-refractivity contribution in [1.29, 1.82) is 0 Å². The van der Waals surface area contributed by atoms with E-state index in [-0.39, 0.29) is 48.8 Å². The van der Waals surface area contributed by atoms with E-state index < -0.39 is 15.5 Å². The van der Waals surface area contributed by atoms with Crippen molar-refractivity contribution in [2.75, 3.05) is 33.2 Å². The summed E-state index contributed by atoms with van der Waals surface area (Å²) in [5.41, 5.74) is -4.41. The molecule has 1 saturated heterocycles. The Morgan fingerprint density at radius 1 is 1.24 bits per heavy atom. The van der Waals surface area contributed by atoms with Crippen LogP contribution in [0.15, 0.2) is 29.3 Å². The van der Waals surface area contributed by atoms with Crippen molar-refractivity contribution in [3.05, 3.63) is 35.6 Å². The molecule has 0 bridgehead atoms. The first kappa shape index (κ1) is 25.9. The number of benzene rings is 1. The second kappa shape index (κ2) is 11.3. The van der Waals surface area contributed by atoms with E-state index in [0.717, 1.165) is 5.56 Å². The molecule has 29 heavy (non-hydrogen) atoms. The van der Waals surface area contributed by atoms with Crippen molar-refractivity contribution in [1.82, 2.24) is 14.9 Å². The third-order valence-electron chi connectivity index (χ3n) is 4.58. The van der Waals surface area contributed by atoms with Crippen molar-refractivity contribution >= 4 is 40.0 Å². The number of aliphatic imine (C=N–C) groups is 1. The molecule has 0 saturated carbocycles. The summed E-state index contributed by atoms with van der Waals surface area (Å²) in [5.74, 6) is 0.280. The van der Waals surface area contributed by atoms with E-state index in [1.54, 1.807) is 13.1 Å². The summed E-state index contributed by atoms with van der Waals surface area (Å²) in [6.45, 7) is 0.699. The van der Waals surface area contributed by atoms with E-state index in [0.29, 0.717) is 42.6 Å². The average Bonchev–Trinajstić information content (AvgIpc) is 2.64. The minimum atomic E-state index is -5.26. The second-order valence-electron chi connectivity index (χ2n) is 6.55. The van der Waals surface area contributed by atoms with Gasteiger partial charge in [0.05, 0.1) is 0 Å². The van der Waals surface area contributed by atoms with Crippen molar-refractivity contribution in [3.63, 3.8) is 0 Å². The molecule has 1 aliphatic heterocycles. The maximum atomic E-state index is 13.2. The van der Waals surface area contributed by atoms with Crippen LogP contribution in [0.1, 0.15) is 18.4 Å². The minimum Gasteiger partial charge on any atom is -0.356 e. The van der Waals surface area contributed by atoms with Crippen LogP contribution in [-0.2, 0) is 16.4 Å². The van der Waals surface area contributed by atoms with Gasteiger partial charge >= 0.3 is 15.5 Å². The van der Waals surface area contributed by atoms with Crippen LogP contribution in [0.2, 0.25) is 0 Å². The molecule has 2 rings (SSSR count). The predicted molar refractivity (Wildman–Crippen MR) is 114 cm³/mol. The minimum absolute atomic E-state index is 0. The van der Waals surface area contributed by atoms with Gasteiger partial charge in [-0.15, -0.1) is 24.0 Å². The number of rotatable bonds is 6. The summed E-state index contributed by atoms with van der Waals surface area (Å²) in [5, 5.41) is 6.19. The largest absolute Gasteiger partial charge is 0.511 e. The number of nitrogens with one attached hydrogen (secondary N) is 2. The van der Waals surface area contributed by atoms with E-state index in [2.05, 4.69) is 15.6 Å². The molecule has 0 unspecified atom stereocenters. The maximum absolute atomic E-state index is 13.2. The summed E-state index contributed by atoms with van der Waals surface area (Å²) in [4.78, 5) is 4.07. The lowest BCUT2D eigenvalue weighted by molar-refractivity contribution is -0.0496. The quantitative estimate of drug-likeness (QED) is 0.247. The van der Waals surface area contributed by atoms with Gasteiger partial charge in [0.25, 0.3) is 0 Å². The number of sulfonamides is 1. The Morgan fingerprint density at radius 3 is 2.45 bits per heavy atom. The number of guanidine groups is 1. The van der Waals surface area contributed by atoms with Crippen LogP contribution in [0, 0.1) is 11.7 Å². The molecular formula is C17H25F4IN4O2S. The zero-order valence-electron chi connectivity index (χ0n) is 15.9. The van der Waals surface area contributed by atoms with Crippen LogP contribution in [0.25, 0.3) is 0 Å². The van der Waals surface area contributed by atoms with Gasteiger partial charge in [0.15, 0.2) is 5.96 Å². The van der Waals surface area contributed by atoms with E-state index in [4.69, 9.17) is 0 Å². The molecule has 12 heteroatoms. The molecule has 1 aromatic rings. The summed E-state index contributed by atoms with van der Waals surface area (Å²) in [6.07, 6.45) is 1.28. The van der Waals surface area contributed by atoms with Crippen molar-refractivity contribution in [3.8, 4) is 0 Å². The van der Waals surface area contributed by atoms with Gasteiger partial charge in [-0.1, -0.05) is 12.1 Å². The highest BCUT2D eigenvalue weighted by Crippen LogP contribution is 2.30. The fourth-order valence-corrected chi connectivity index (χ4v) is 3.96. The van der Waals surface area contributed by atoms with Gasteiger partial charge in [-0.2, -0.15) is 17.5 Å². The fourth-order valence-electron chi connectivity index (χ4n) is 2.98. The molecule has 0 aliphatic carbocycles. The van der Waals surface area contributed by atoms with Crippen LogP contribution in [-0.4, -0.2) is 57.4 Å². The number of hydrogen-bond donors (Lipinski definition) is 2. The molecule has 2 N–H and O–H groups in total. The molecular weight excluding hydrogens is 527 g/mol. The molecule has 0 spiro atoms. The average molecular weight is 552 g/mol. The topological polar surface area (TPSA) is 73.8 Å². The molecule has 0 aromatic heterocycles. The number of piperidine rings is 1. The summed E-state index contributed by atoms with van der Waals surface area (Å²) >= 11 is 0. The van der Waals surface area contributed by atoms with Gasteiger partial charge in [0, 0.05) is 33.2 Å². The second-order valence-corrected chi connectivity index (χ2v) is 8.48. The molecule has 1 aromatic carbocycles. The molecule has 1 heterocycles. The fraction of sp³-hybridized carbons (Fsp3) is 0.588. The Hall–Kier alpha value is -1.15. The summed E-state index contributed by atoms with van der Waals surface area (Å²) in [6, 6.07) is 6.30. The molecule has 166 valence electrons. The molecule has 1 aliphatic rings. The Balaban J connectivity index is 0.00000420. The van der Waals surface area contributed by atoms with Gasteiger partial charge in [-0.3, -0.25) is 4.99 Å². The van der Waals surface area contributed by atoms with Crippen LogP contribution >= 0.6 is 24.0 Å². The zero-order valence-corrected chi connectivity index (χ0v) is 19.0. The Bertz CT molecular complexity index is 782. The first-order valence-corrected chi connectivity index (χ1v) is 10.3. The molecule has 0 atom stereocenters. The SMILES string of the molecule is CN=C(NCCc1cccc(F)c1)NCC1CCN(S(=O)(=O)C(F)(F)F)CC1.I. The van der Waals surface area contributed by atoms with Crippen molar-refractivity contribution < 1.29 is 26.0 Å². The number of hydrogen-bond acceptors (Lipinski definition) is 3. The third kappa shape index (κ3) is 7.55. The number of halogens is 5. The first-order valence-electron chi connectivity index (χ1n) is 8.89. The Labute approximate surface area is 185 Å². The lowest BCUT2D eigenvalue weighted by atomic mass is 9.98. The van der Waals surface area contributed by atoms with Crippen LogP contribution in [0.4, 0.5) is 17.6 Å². The van der Waals surface area contributed by atoms with Gasteiger partial charge in [-0.05, 0) is 42.9 Å². The van der Waals surface area contributed by atoms with Gasteiger partial charge < -0.3 is 10.6 Å². The van der Waals surface area contributed by atoms with E-state index in [9.17, 15) is 26.0 Å². The molecule has 6 nitrogen and oxygen atoms in total. The monoisotopic (exact) mass is 552 g/mol. The van der Waals surface area contributed by atoms with Crippen LogP contribution in [0.3, 0.4) is 0 Å². The number of alkyl halides is 3. The Kier molecular flexibility index (Phi) is 10.1. The zero-order chi connectivity index (χ0) is 20.8. The van der Waals surface area contributed by atoms with E-state index in [1.165, 1.54) is 12.1 Å². The lowest BCUT2D eigenvalue weighted by Gasteiger charge is -2.31. The maximum Gasteiger partial charge on any atom is 0.511 e. The normalized spacial score (nSPS) is 16.9. The van der Waals surface area contributed by atoms with Gasteiger partial charge in [0.2, 0.25) is 0 Å². The van der Waals surface area contributed by atoms with Crippen molar-refractivity contribution in [2.24, 2.45) is 10.9 Å². The van der Waals surface area contributed by atoms with Crippen LogP contribution < -0.4 is 10.6 Å². The molecule has 1 fully saturated rings. The Morgan fingerprint density at radius 2 is 1.90 bits per heavy atom. The standard InChI is InChI=1S/C17H24F4N4O2S.HI/c1-22-16(23-8-5-13-3-2-4-15(18)11-13)24-12-14-6-9-25(10-7-14)28(26,27)17(19,20)21;/h2-4,11,14H,5-10,12H2,1H3,(H2,22,23,24);1H. The summed E-state index contributed by atoms with van der Waals surface area (Å²) in [7, 11) is -3.66. The predicted octanol–water partition coefficient (Wildman–Crippen LogP) is 2.71. The highest BCUT2D eigenvalue weighted by molar-refractivity contribution is 14.0. The van der Waals surface area contributed by atoms with Crippen LogP contribution in [0.5, 0.6) is 0 Å². The molecule has 0 radical (unpaired) electrons. The van der Waals surface area contributed by atoms with Gasteiger partial charge in [-0.25, -0.2) is 12.8 Å². The number of nitrogens with zero attached hydrogens (tertiary/aromatic N) is 2. The highest BCUT2D eigenvalue weighted by Gasteiger charge is 2.50. The smallest absolute Gasteiger partial charge is 0.356 e. The van der Waals surface area contributed by atoms with Gasteiger partial charge in [0.1, 0.15) is 5.82 Å². The van der Waals surface area contributed by atoms with Crippen molar-refractivity contribution in [2.45, 2.75) is 24.8 Å².